The van der Waals surface area contributed by atoms with E-state index in [2.05, 4.69) is 36.8 Å². The second-order valence-electron chi connectivity index (χ2n) is 5.58. The third kappa shape index (κ3) is 2.67. The van der Waals surface area contributed by atoms with Gasteiger partial charge in [-0.05, 0) is 46.7 Å². The molecular weight excluding hydrogens is 397 g/mol. The number of nitrogens with zero attached hydrogens (tertiary/aromatic N) is 4. The molecule has 1 aliphatic rings. The molecule has 2 aromatic carbocycles. The fraction of sp³-hybridized carbons (Fsp3) is 0.188. The van der Waals surface area contributed by atoms with Crippen molar-refractivity contribution in [2.75, 3.05) is 5.32 Å². The number of rotatable bonds is 2. The van der Waals surface area contributed by atoms with E-state index in [1.807, 2.05) is 24.3 Å². The van der Waals surface area contributed by atoms with E-state index in [1.165, 1.54) is 6.07 Å². The average molecular weight is 409 g/mol. The highest BCUT2D eigenvalue weighted by Crippen LogP contribution is 2.40. The molecule has 3 aromatic rings. The summed E-state index contributed by atoms with van der Waals surface area (Å²) in [6.07, 6.45) is 0.584. The molecule has 4 rings (SSSR count). The second-order valence-corrected chi connectivity index (χ2v) is 6.91. The molecule has 1 aliphatic heterocycles. The molecule has 2 atom stereocenters. The minimum Gasteiger partial charge on any atom is -0.346 e. The van der Waals surface area contributed by atoms with E-state index in [9.17, 15) is 4.39 Å². The van der Waals surface area contributed by atoms with E-state index in [0.717, 1.165) is 10.0 Å². The van der Waals surface area contributed by atoms with Crippen LogP contribution in [0.15, 0.2) is 46.9 Å². The summed E-state index contributed by atoms with van der Waals surface area (Å²) in [7, 11) is 0. The van der Waals surface area contributed by atoms with Crippen LogP contribution in [0.2, 0.25) is 5.02 Å². The molecule has 122 valence electrons. The van der Waals surface area contributed by atoms with Gasteiger partial charge in [0.15, 0.2) is 0 Å². The third-order valence-corrected chi connectivity index (χ3v) is 5.01. The van der Waals surface area contributed by atoms with E-state index in [1.54, 1.807) is 16.8 Å². The van der Waals surface area contributed by atoms with Crippen LogP contribution in [0, 0.1) is 5.82 Å². The van der Waals surface area contributed by atoms with Crippen LogP contribution in [-0.4, -0.2) is 20.2 Å². The monoisotopic (exact) mass is 407 g/mol. The molecule has 0 aliphatic carbocycles. The molecule has 0 fully saturated rings. The average Bonchev–Trinajstić information content (AvgIpc) is 3.04. The lowest BCUT2D eigenvalue weighted by atomic mass is 9.93. The van der Waals surface area contributed by atoms with Crippen molar-refractivity contribution in [1.82, 2.24) is 20.2 Å². The zero-order chi connectivity index (χ0) is 16.7. The first kappa shape index (κ1) is 15.5. The topological polar surface area (TPSA) is 55.6 Å². The number of nitrogens with one attached hydrogen (secondary N) is 1. The molecule has 0 unspecified atom stereocenters. The number of benzene rings is 2. The number of fused-ring (bicyclic) bond motifs is 1. The SMILES string of the molecule is Fc1cccc(Cl)c1[C@H]1C[C@@H](c2ccc(Br)cc2)Nc2nnnn21. The Hall–Kier alpha value is -1.99. The Morgan fingerprint density at radius 1 is 1.21 bits per heavy atom. The number of tetrazole rings is 1. The van der Waals surface area contributed by atoms with Gasteiger partial charge in [0.25, 0.3) is 0 Å². The van der Waals surface area contributed by atoms with E-state index in [0.29, 0.717) is 23.0 Å². The predicted octanol–water partition coefficient (Wildman–Crippen LogP) is 4.37. The summed E-state index contributed by atoms with van der Waals surface area (Å²) in [5, 5.41) is 15.4. The lowest BCUT2D eigenvalue weighted by Crippen LogP contribution is -2.28. The van der Waals surface area contributed by atoms with Gasteiger partial charge in [-0.25, -0.2) is 9.07 Å². The maximum absolute atomic E-state index is 14.4. The van der Waals surface area contributed by atoms with Gasteiger partial charge >= 0.3 is 0 Å². The van der Waals surface area contributed by atoms with Gasteiger partial charge in [-0.15, -0.1) is 0 Å². The molecule has 0 saturated carbocycles. The normalized spacial score (nSPS) is 19.6. The first-order valence-corrected chi connectivity index (χ1v) is 8.54. The van der Waals surface area contributed by atoms with Crippen molar-refractivity contribution in [3.8, 4) is 0 Å². The molecule has 1 N–H and O–H groups in total. The van der Waals surface area contributed by atoms with Crippen LogP contribution in [0.4, 0.5) is 10.3 Å². The summed E-state index contributed by atoms with van der Waals surface area (Å²) in [6, 6.07) is 12.2. The fourth-order valence-electron chi connectivity index (χ4n) is 3.02. The van der Waals surface area contributed by atoms with E-state index in [-0.39, 0.29) is 17.9 Å². The van der Waals surface area contributed by atoms with E-state index in [4.69, 9.17) is 11.6 Å². The minimum absolute atomic E-state index is 0.0442. The second kappa shape index (κ2) is 6.14. The summed E-state index contributed by atoms with van der Waals surface area (Å²) in [5.41, 5.74) is 1.49. The largest absolute Gasteiger partial charge is 0.346 e. The van der Waals surface area contributed by atoms with Crippen molar-refractivity contribution >= 4 is 33.5 Å². The van der Waals surface area contributed by atoms with E-state index >= 15 is 0 Å². The van der Waals surface area contributed by atoms with E-state index < -0.39 is 0 Å². The van der Waals surface area contributed by atoms with Gasteiger partial charge in [-0.2, -0.15) is 0 Å². The van der Waals surface area contributed by atoms with Crippen LogP contribution < -0.4 is 5.32 Å². The van der Waals surface area contributed by atoms with Crippen LogP contribution in [0.1, 0.15) is 29.6 Å². The Morgan fingerprint density at radius 2 is 2.00 bits per heavy atom. The molecule has 5 nitrogen and oxygen atoms in total. The molecule has 0 saturated heterocycles. The molecule has 0 amide bonds. The summed E-state index contributed by atoms with van der Waals surface area (Å²) in [5.74, 6) is 0.142. The lowest BCUT2D eigenvalue weighted by Gasteiger charge is -2.31. The highest BCUT2D eigenvalue weighted by atomic mass is 79.9. The van der Waals surface area contributed by atoms with Crippen LogP contribution in [0.5, 0.6) is 0 Å². The van der Waals surface area contributed by atoms with Crippen molar-refractivity contribution < 1.29 is 4.39 Å². The zero-order valence-electron chi connectivity index (χ0n) is 12.3. The molecule has 0 spiro atoms. The number of halogens is 3. The number of hydrogen-bond acceptors (Lipinski definition) is 4. The highest BCUT2D eigenvalue weighted by molar-refractivity contribution is 9.10. The van der Waals surface area contributed by atoms with Gasteiger partial charge in [0.1, 0.15) is 5.82 Å². The predicted molar refractivity (Wildman–Crippen MR) is 92.5 cm³/mol. The number of anilines is 1. The molecule has 24 heavy (non-hydrogen) atoms. The van der Waals surface area contributed by atoms with Crippen LogP contribution >= 0.6 is 27.5 Å². The van der Waals surface area contributed by atoms with Gasteiger partial charge < -0.3 is 5.32 Å². The third-order valence-electron chi connectivity index (χ3n) is 4.16. The van der Waals surface area contributed by atoms with Gasteiger partial charge in [0, 0.05) is 15.1 Å². The molecule has 1 aromatic heterocycles. The molecule has 0 radical (unpaired) electrons. The Balaban J connectivity index is 1.78. The van der Waals surface area contributed by atoms with Gasteiger partial charge in [-0.1, -0.05) is 50.8 Å². The maximum Gasteiger partial charge on any atom is 0.243 e. The minimum atomic E-state index is -0.376. The Bertz CT molecular complexity index is 862. The molecule has 0 bridgehead atoms. The number of hydrogen-bond donors (Lipinski definition) is 1. The van der Waals surface area contributed by atoms with Crippen LogP contribution in [0.3, 0.4) is 0 Å². The van der Waals surface area contributed by atoms with Gasteiger partial charge in [0.2, 0.25) is 5.95 Å². The van der Waals surface area contributed by atoms with Crippen molar-refractivity contribution in [1.29, 1.82) is 0 Å². The molecule has 2 heterocycles. The summed E-state index contributed by atoms with van der Waals surface area (Å²) < 4.78 is 17.0. The highest BCUT2D eigenvalue weighted by Gasteiger charge is 2.33. The first-order valence-electron chi connectivity index (χ1n) is 7.37. The van der Waals surface area contributed by atoms with Crippen molar-refractivity contribution in [3.63, 3.8) is 0 Å². The van der Waals surface area contributed by atoms with Crippen LogP contribution in [-0.2, 0) is 0 Å². The van der Waals surface area contributed by atoms with Crippen molar-refractivity contribution in [2.45, 2.75) is 18.5 Å². The smallest absolute Gasteiger partial charge is 0.243 e. The van der Waals surface area contributed by atoms with Crippen molar-refractivity contribution in [2.24, 2.45) is 0 Å². The molecular formula is C16H12BrClFN5. The zero-order valence-corrected chi connectivity index (χ0v) is 14.7. The summed E-state index contributed by atoms with van der Waals surface area (Å²) in [4.78, 5) is 0. The Morgan fingerprint density at radius 3 is 2.75 bits per heavy atom. The standard InChI is InChI=1S/C16H12BrClFN5/c17-10-6-4-9(5-7-10)13-8-14(24-16(20-13)21-22-23-24)15-11(18)2-1-3-12(15)19/h1-7,13-14H,8H2,(H,20,21,23)/t13-,14+/m0/s1. The quantitative estimate of drug-likeness (QED) is 0.684. The molecule has 8 heteroatoms. The summed E-state index contributed by atoms with van der Waals surface area (Å²) in [6.45, 7) is 0. The Kier molecular flexibility index (Phi) is 3.97. The van der Waals surface area contributed by atoms with Crippen molar-refractivity contribution in [3.05, 3.63) is 68.9 Å². The van der Waals surface area contributed by atoms with Crippen LogP contribution in [0.25, 0.3) is 0 Å². The first-order chi connectivity index (χ1) is 11.6. The fourth-order valence-corrected chi connectivity index (χ4v) is 3.57. The number of aromatic nitrogens is 4. The van der Waals surface area contributed by atoms with Gasteiger partial charge in [0.05, 0.1) is 12.1 Å². The summed E-state index contributed by atoms with van der Waals surface area (Å²) >= 11 is 9.70. The Labute approximate surface area is 151 Å². The lowest BCUT2D eigenvalue weighted by molar-refractivity contribution is 0.409. The van der Waals surface area contributed by atoms with Gasteiger partial charge in [-0.3, -0.25) is 0 Å². The maximum atomic E-state index is 14.4.